The molecule has 15 nitrogen and oxygen atoms in total. The topological polar surface area (TPSA) is 244 Å². The predicted molar refractivity (Wildman–Crippen MR) is 195 cm³/mol. The zero-order valence-electron chi connectivity index (χ0n) is 29.8. The minimum Gasteiger partial charge on any atom is -0.508 e. The van der Waals surface area contributed by atoms with Crippen molar-refractivity contribution in [2.24, 2.45) is 5.73 Å². The molecule has 1 aliphatic rings. The molecule has 1 aliphatic heterocycles. The number of aromatic hydroxyl groups is 1. The number of hydrogen-bond acceptors (Lipinski definition) is 8. The van der Waals surface area contributed by atoms with Crippen LogP contribution in [0.25, 0.3) is 10.9 Å². The molecule has 4 atom stereocenters. The second-order valence-corrected chi connectivity index (χ2v) is 12.9. The van der Waals surface area contributed by atoms with E-state index in [1.54, 1.807) is 42.6 Å². The second kappa shape index (κ2) is 19.2. The van der Waals surface area contributed by atoms with E-state index in [4.69, 9.17) is 15.6 Å². The van der Waals surface area contributed by atoms with E-state index in [0.717, 1.165) is 22.0 Å². The largest absolute Gasteiger partial charge is 0.508 e. The summed E-state index contributed by atoms with van der Waals surface area (Å²) in [5, 5.41) is 35.7. The lowest BCUT2D eigenvalue weighted by Gasteiger charge is -2.30. The molecule has 2 heterocycles. The molecule has 298 valence electrons. The standard InChI is InChI=1S/C36H40N6O7.C2HF3O2/c37-20-32(44)39-29(17-23-12-14-25(43)15-13-23)35(47)42-16-6-11-31(42)34(46)40-28(19-24-21-38-27-10-5-4-9-26(24)27)33(45)41-30(36(48)49)18-22-7-2-1-3-8-22;3-2(4,5)1(6)7/h1-5,7-10,12-15,21,28-31,38,43H,6,11,16-20,37H2,(H,39,44)(H,40,46)(H,41,45)(H,48,49);(H,6,7)/t28-,29-,30-,31-;/m1./s1. The van der Waals surface area contributed by atoms with Crippen LogP contribution in [0.2, 0.25) is 0 Å². The molecule has 1 fully saturated rings. The van der Waals surface area contributed by atoms with E-state index in [1.807, 2.05) is 30.3 Å². The number of carboxylic acids is 2. The molecule has 0 bridgehead atoms. The van der Waals surface area contributed by atoms with Crippen molar-refractivity contribution in [2.45, 2.75) is 62.4 Å². The number of rotatable bonds is 14. The van der Waals surface area contributed by atoms with Crippen LogP contribution in [0.3, 0.4) is 0 Å². The Labute approximate surface area is 318 Å². The SMILES string of the molecule is NCC(=O)N[C@H](Cc1ccc(O)cc1)C(=O)N1CCC[C@@H]1C(=O)N[C@H](Cc1c[nH]c2ccccc12)C(=O)N[C@H](Cc1ccccc1)C(=O)O.O=C(O)C(F)(F)F. The Morgan fingerprint density at radius 2 is 1.41 bits per heavy atom. The Kier molecular flexibility index (Phi) is 14.5. The number of halogens is 3. The smallest absolute Gasteiger partial charge is 0.490 e. The van der Waals surface area contributed by atoms with Gasteiger partial charge in [-0.25, -0.2) is 9.59 Å². The number of aromatic amines is 1. The fourth-order valence-corrected chi connectivity index (χ4v) is 6.14. The summed E-state index contributed by atoms with van der Waals surface area (Å²) in [5.41, 5.74) is 8.49. The van der Waals surface area contributed by atoms with Gasteiger partial charge in [-0.3, -0.25) is 19.2 Å². The van der Waals surface area contributed by atoms with Gasteiger partial charge in [-0.05, 0) is 47.7 Å². The lowest BCUT2D eigenvalue weighted by atomic mass is 10.0. The van der Waals surface area contributed by atoms with Crippen molar-refractivity contribution in [3.63, 3.8) is 0 Å². The summed E-state index contributed by atoms with van der Waals surface area (Å²) in [7, 11) is 0. The van der Waals surface area contributed by atoms with Gasteiger partial charge in [-0.1, -0.05) is 60.7 Å². The van der Waals surface area contributed by atoms with Crippen molar-refractivity contribution >= 4 is 46.5 Å². The molecule has 4 amide bonds. The highest BCUT2D eigenvalue weighted by molar-refractivity contribution is 5.96. The summed E-state index contributed by atoms with van der Waals surface area (Å²) in [6, 6.07) is 18.2. The molecule has 1 aromatic heterocycles. The minimum absolute atomic E-state index is 0.0392. The van der Waals surface area contributed by atoms with Crippen molar-refractivity contribution < 1.29 is 57.3 Å². The summed E-state index contributed by atoms with van der Waals surface area (Å²) < 4.78 is 31.7. The van der Waals surface area contributed by atoms with E-state index in [1.165, 1.54) is 17.0 Å². The van der Waals surface area contributed by atoms with Crippen LogP contribution in [0.4, 0.5) is 13.2 Å². The number of benzene rings is 3. The number of carbonyl (C=O) groups excluding carboxylic acids is 4. The summed E-state index contributed by atoms with van der Waals surface area (Å²) >= 11 is 0. The lowest BCUT2D eigenvalue weighted by molar-refractivity contribution is -0.192. The third kappa shape index (κ3) is 11.8. The third-order valence-corrected chi connectivity index (χ3v) is 8.91. The fraction of sp³-hybridized carbons (Fsp3) is 0.316. The maximum atomic E-state index is 13.9. The third-order valence-electron chi connectivity index (χ3n) is 8.91. The number of amides is 4. The fourth-order valence-electron chi connectivity index (χ4n) is 6.14. The molecule has 0 aliphatic carbocycles. The average Bonchev–Trinajstić information content (AvgIpc) is 3.83. The Hall–Kier alpha value is -6.43. The van der Waals surface area contributed by atoms with Crippen molar-refractivity contribution in [2.75, 3.05) is 13.1 Å². The average molecular weight is 783 g/mol. The molecule has 18 heteroatoms. The first kappa shape index (κ1) is 42.3. The number of carboxylic acid groups (broad SMARTS) is 2. The zero-order valence-corrected chi connectivity index (χ0v) is 29.8. The summed E-state index contributed by atoms with van der Waals surface area (Å²) in [6.07, 6.45) is -2.32. The van der Waals surface area contributed by atoms with Gasteiger partial charge < -0.3 is 46.9 Å². The zero-order chi connectivity index (χ0) is 41.0. The van der Waals surface area contributed by atoms with Gasteiger partial charge in [0.25, 0.3) is 0 Å². The molecule has 9 N–H and O–H groups in total. The first-order valence-corrected chi connectivity index (χ1v) is 17.4. The normalized spacial score (nSPS) is 15.4. The molecule has 0 radical (unpaired) electrons. The second-order valence-electron chi connectivity index (χ2n) is 12.9. The molecular weight excluding hydrogens is 741 g/mol. The molecule has 56 heavy (non-hydrogen) atoms. The first-order valence-electron chi connectivity index (χ1n) is 17.4. The lowest BCUT2D eigenvalue weighted by Crippen LogP contribution is -2.58. The van der Waals surface area contributed by atoms with Crippen LogP contribution >= 0.6 is 0 Å². The number of likely N-dealkylation sites (tertiary alicyclic amines) is 1. The van der Waals surface area contributed by atoms with Crippen LogP contribution in [0.15, 0.2) is 85.1 Å². The number of H-pyrrole nitrogens is 1. The van der Waals surface area contributed by atoms with Gasteiger partial charge in [0.1, 0.15) is 29.9 Å². The number of aliphatic carboxylic acids is 2. The molecule has 3 aromatic carbocycles. The molecular formula is C38H41F3N6O9. The number of nitrogens with zero attached hydrogens (tertiary/aromatic N) is 1. The van der Waals surface area contributed by atoms with Crippen LogP contribution in [-0.2, 0) is 48.0 Å². The number of para-hydroxylation sites is 1. The van der Waals surface area contributed by atoms with E-state index < -0.39 is 65.9 Å². The summed E-state index contributed by atoms with van der Waals surface area (Å²) in [4.78, 5) is 79.6. The number of alkyl halides is 3. The molecule has 4 aromatic rings. The van der Waals surface area contributed by atoms with Crippen LogP contribution in [0, 0.1) is 0 Å². The van der Waals surface area contributed by atoms with Crippen LogP contribution in [-0.4, -0.2) is 104 Å². The van der Waals surface area contributed by atoms with Gasteiger partial charge in [0.2, 0.25) is 23.6 Å². The van der Waals surface area contributed by atoms with Crippen LogP contribution in [0.5, 0.6) is 5.75 Å². The molecule has 1 saturated heterocycles. The van der Waals surface area contributed by atoms with Crippen LogP contribution in [0.1, 0.15) is 29.5 Å². The number of aromatic nitrogens is 1. The van der Waals surface area contributed by atoms with Gasteiger partial charge in [0.15, 0.2) is 0 Å². The van der Waals surface area contributed by atoms with E-state index in [9.17, 15) is 47.4 Å². The maximum absolute atomic E-state index is 13.9. The van der Waals surface area contributed by atoms with E-state index in [0.29, 0.717) is 18.4 Å². The van der Waals surface area contributed by atoms with E-state index in [-0.39, 0.29) is 38.1 Å². The number of nitrogens with two attached hydrogens (primary N) is 1. The van der Waals surface area contributed by atoms with Gasteiger partial charge in [0, 0.05) is 42.9 Å². The molecule has 0 unspecified atom stereocenters. The quantitative estimate of drug-likeness (QED) is 0.0925. The number of nitrogens with one attached hydrogen (secondary N) is 4. The summed E-state index contributed by atoms with van der Waals surface area (Å²) in [6.45, 7) is -0.0888. The van der Waals surface area contributed by atoms with Crippen molar-refractivity contribution in [1.29, 1.82) is 0 Å². The molecule has 0 saturated carbocycles. The number of hydrogen-bond donors (Lipinski definition) is 8. The first-order chi connectivity index (χ1) is 26.6. The van der Waals surface area contributed by atoms with Crippen LogP contribution < -0.4 is 21.7 Å². The predicted octanol–water partition coefficient (Wildman–Crippen LogP) is 2.02. The highest BCUT2D eigenvalue weighted by atomic mass is 19.4. The van der Waals surface area contributed by atoms with Gasteiger partial charge in [0.05, 0.1) is 6.54 Å². The Morgan fingerprint density at radius 1 is 0.804 bits per heavy atom. The molecule has 5 rings (SSSR count). The number of fused-ring (bicyclic) bond motifs is 1. The maximum Gasteiger partial charge on any atom is 0.490 e. The Morgan fingerprint density at radius 3 is 2.04 bits per heavy atom. The van der Waals surface area contributed by atoms with Gasteiger partial charge in [-0.15, -0.1) is 0 Å². The number of phenolic OH excluding ortho intramolecular Hbond substituents is 1. The van der Waals surface area contributed by atoms with Gasteiger partial charge >= 0.3 is 18.1 Å². The Bertz CT molecular complexity index is 2010. The highest BCUT2D eigenvalue weighted by Gasteiger charge is 2.40. The van der Waals surface area contributed by atoms with Crippen molar-refractivity contribution in [3.8, 4) is 5.75 Å². The highest BCUT2D eigenvalue weighted by Crippen LogP contribution is 2.23. The van der Waals surface area contributed by atoms with Gasteiger partial charge in [-0.2, -0.15) is 13.2 Å². The number of carbonyl (C=O) groups is 6. The van der Waals surface area contributed by atoms with Crippen molar-refractivity contribution in [3.05, 3.63) is 102 Å². The minimum atomic E-state index is -5.08. The van der Waals surface area contributed by atoms with Crippen molar-refractivity contribution in [1.82, 2.24) is 25.8 Å². The number of phenols is 1. The molecule has 0 spiro atoms. The van der Waals surface area contributed by atoms with E-state index >= 15 is 0 Å². The Balaban J connectivity index is 0.000000908. The monoisotopic (exact) mass is 782 g/mol. The summed E-state index contributed by atoms with van der Waals surface area (Å²) in [5.74, 6) is -6.22. The van der Waals surface area contributed by atoms with E-state index in [2.05, 4.69) is 20.9 Å².